The first-order valence-electron chi connectivity index (χ1n) is 8.31. The summed E-state index contributed by atoms with van der Waals surface area (Å²) in [6.07, 6.45) is 0. The van der Waals surface area contributed by atoms with Gasteiger partial charge in [-0.1, -0.05) is 41.6 Å². The van der Waals surface area contributed by atoms with Crippen LogP contribution in [0, 0.1) is 6.92 Å². The summed E-state index contributed by atoms with van der Waals surface area (Å²) in [5.41, 5.74) is 2.67. The molecule has 0 unspecified atom stereocenters. The van der Waals surface area contributed by atoms with Gasteiger partial charge in [-0.05, 0) is 32.0 Å². The first-order valence-corrected chi connectivity index (χ1v) is 8.31. The van der Waals surface area contributed by atoms with E-state index in [2.05, 4.69) is 15.8 Å². The molecule has 2 aromatic carbocycles. The van der Waals surface area contributed by atoms with E-state index < -0.39 is 0 Å². The van der Waals surface area contributed by atoms with Crippen LogP contribution in [0.3, 0.4) is 0 Å². The molecule has 0 aliphatic carbocycles. The summed E-state index contributed by atoms with van der Waals surface area (Å²) in [5, 5.41) is 9.57. The van der Waals surface area contributed by atoms with Crippen LogP contribution in [-0.2, 0) is 0 Å². The lowest BCUT2D eigenvalue weighted by atomic mass is 10.1. The highest BCUT2D eigenvalue weighted by atomic mass is 16.5. The Morgan fingerprint density at radius 1 is 1.04 bits per heavy atom. The van der Waals surface area contributed by atoms with E-state index in [9.17, 15) is 9.59 Å². The number of aromatic nitrogens is 1. The lowest BCUT2D eigenvalue weighted by molar-refractivity contribution is 0.0954. The summed E-state index contributed by atoms with van der Waals surface area (Å²) in [6.45, 7) is 4.08. The number of hydrogen-bond acceptors (Lipinski definition) is 4. The molecule has 0 fully saturated rings. The number of rotatable bonds is 5. The molecule has 2 N–H and O–H groups in total. The van der Waals surface area contributed by atoms with E-state index in [0.717, 1.165) is 5.56 Å². The Morgan fingerprint density at radius 3 is 2.54 bits per heavy atom. The standard InChI is InChI=1S/C20H19N3O3/c1-3-21-19(24)15-10-7-11-16(12-15)22-20(25)17-13(2)26-23-18(17)14-8-5-4-6-9-14/h4-12H,3H2,1-2H3,(H,21,24)(H,22,25). The van der Waals surface area contributed by atoms with Crippen molar-refractivity contribution in [2.45, 2.75) is 13.8 Å². The maximum Gasteiger partial charge on any atom is 0.261 e. The summed E-state index contributed by atoms with van der Waals surface area (Å²) in [6, 6.07) is 16.1. The van der Waals surface area contributed by atoms with E-state index in [-0.39, 0.29) is 11.8 Å². The number of hydrogen-bond donors (Lipinski definition) is 2. The van der Waals surface area contributed by atoms with Gasteiger partial charge in [0.2, 0.25) is 0 Å². The molecule has 3 aromatic rings. The van der Waals surface area contributed by atoms with Gasteiger partial charge in [0, 0.05) is 23.4 Å². The molecule has 0 saturated heterocycles. The average molecular weight is 349 g/mol. The molecule has 0 radical (unpaired) electrons. The van der Waals surface area contributed by atoms with Crippen molar-refractivity contribution in [1.29, 1.82) is 0 Å². The Morgan fingerprint density at radius 2 is 1.81 bits per heavy atom. The predicted molar refractivity (Wildman–Crippen MR) is 99.1 cm³/mol. The second kappa shape index (κ2) is 7.65. The zero-order chi connectivity index (χ0) is 18.5. The molecule has 0 bridgehead atoms. The summed E-state index contributed by atoms with van der Waals surface area (Å²) in [7, 11) is 0. The van der Waals surface area contributed by atoms with Gasteiger partial charge >= 0.3 is 0 Å². The van der Waals surface area contributed by atoms with E-state index in [4.69, 9.17) is 4.52 Å². The highest BCUT2D eigenvalue weighted by molar-refractivity contribution is 6.09. The summed E-state index contributed by atoms with van der Waals surface area (Å²) < 4.78 is 5.23. The molecule has 26 heavy (non-hydrogen) atoms. The van der Waals surface area contributed by atoms with Gasteiger partial charge in [0.05, 0.1) is 0 Å². The Kier molecular flexibility index (Phi) is 5.12. The molecule has 1 heterocycles. The third-order valence-electron chi connectivity index (χ3n) is 3.86. The number of nitrogens with zero attached hydrogens (tertiary/aromatic N) is 1. The Balaban J connectivity index is 1.87. The molecule has 132 valence electrons. The van der Waals surface area contributed by atoms with E-state index in [0.29, 0.717) is 34.8 Å². The van der Waals surface area contributed by atoms with Gasteiger partial charge in [0.15, 0.2) is 0 Å². The number of amides is 2. The quantitative estimate of drug-likeness (QED) is 0.736. The van der Waals surface area contributed by atoms with Crippen molar-refractivity contribution >= 4 is 17.5 Å². The van der Waals surface area contributed by atoms with Crippen LogP contribution in [0.1, 0.15) is 33.4 Å². The Hall–Kier alpha value is -3.41. The SMILES string of the molecule is CCNC(=O)c1cccc(NC(=O)c2c(-c3ccccc3)noc2C)c1. The predicted octanol–water partition coefficient (Wildman–Crippen LogP) is 3.65. The lowest BCUT2D eigenvalue weighted by Crippen LogP contribution is -2.22. The smallest absolute Gasteiger partial charge is 0.261 e. The van der Waals surface area contributed by atoms with Gasteiger partial charge in [0.25, 0.3) is 11.8 Å². The molecular weight excluding hydrogens is 330 g/mol. The fourth-order valence-corrected chi connectivity index (χ4v) is 2.63. The van der Waals surface area contributed by atoms with Crippen LogP contribution in [0.15, 0.2) is 59.1 Å². The molecule has 3 rings (SSSR count). The van der Waals surface area contributed by atoms with Crippen LogP contribution in [0.5, 0.6) is 0 Å². The van der Waals surface area contributed by atoms with Crippen molar-refractivity contribution in [2.24, 2.45) is 0 Å². The fraction of sp³-hybridized carbons (Fsp3) is 0.150. The van der Waals surface area contributed by atoms with Gasteiger partial charge in [-0.3, -0.25) is 9.59 Å². The highest BCUT2D eigenvalue weighted by Gasteiger charge is 2.21. The number of carbonyl (C=O) groups excluding carboxylic acids is 2. The molecule has 0 atom stereocenters. The normalized spacial score (nSPS) is 10.4. The summed E-state index contributed by atoms with van der Waals surface area (Å²) in [4.78, 5) is 24.7. The van der Waals surface area contributed by atoms with Gasteiger partial charge < -0.3 is 15.2 Å². The maximum absolute atomic E-state index is 12.8. The molecule has 0 saturated carbocycles. The number of benzene rings is 2. The monoisotopic (exact) mass is 349 g/mol. The second-order valence-electron chi connectivity index (χ2n) is 5.72. The second-order valence-corrected chi connectivity index (χ2v) is 5.72. The van der Waals surface area contributed by atoms with Crippen molar-refractivity contribution in [3.8, 4) is 11.3 Å². The molecular formula is C20H19N3O3. The third-order valence-corrected chi connectivity index (χ3v) is 3.86. The molecule has 0 aliphatic heterocycles. The minimum Gasteiger partial charge on any atom is -0.360 e. The van der Waals surface area contributed by atoms with Gasteiger partial charge in [0.1, 0.15) is 17.0 Å². The summed E-state index contributed by atoms with van der Waals surface area (Å²) >= 11 is 0. The fourth-order valence-electron chi connectivity index (χ4n) is 2.63. The van der Waals surface area contributed by atoms with Crippen molar-refractivity contribution in [3.63, 3.8) is 0 Å². The number of carbonyl (C=O) groups is 2. The van der Waals surface area contributed by atoms with Gasteiger partial charge in [-0.25, -0.2) is 0 Å². The zero-order valence-electron chi connectivity index (χ0n) is 14.6. The molecule has 1 aromatic heterocycles. The van der Waals surface area contributed by atoms with Gasteiger partial charge in [-0.15, -0.1) is 0 Å². The van der Waals surface area contributed by atoms with Crippen LogP contribution >= 0.6 is 0 Å². The van der Waals surface area contributed by atoms with Crippen LogP contribution in [0.2, 0.25) is 0 Å². The highest BCUT2D eigenvalue weighted by Crippen LogP contribution is 2.26. The Bertz CT molecular complexity index is 932. The molecule has 2 amide bonds. The lowest BCUT2D eigenvalue weighted by Gasteiger charge is -2.08. The molecule has 0 aliphatic rings. The average Bonchev–Trinajstić information content (AvgIpc) is 3.04. The number of nitrogens with one attached hydrogen (secondary N) is 2. The van der Waals surface area contributed by atoms with Crippen molar-refractivity contribution in [1.82, 2.24) is 10.5 Å². The van der Waals surface area contributed by atoms with Crippen LogP contribution in [0.25, 0.3) is 11.3 Å². The zero-order valence-corrected chi connectivity index (χ0v) is 14.6. The van der Waals surface area contributed by atoms with Crippen LogP contribution < -0.4 is 10.6 Å². The van der Waals surface area contributed by atoms with E-state index in [1.165, 1.54) is 0 Å². The van der Waals surface area contributed by atoms with Crippen molar-refractivity contribution < 1.29 is 14.1 Å². The maximum atomic E-state index is 12.8. The third kappa shape index (κ3) is 3.64. The first kappa shape index (κ1) is 17.4. The number of anilines is 1. The van der Waals surface area contributed by atoms with Crippen molar-refractivity contribution in [3.05, 3.63) is 71.5 Å². The largest absolute Gasteiger partial charge is 0.360 e. The van der Waals surface area contributed by atoms with E-state index in [1.807, 2.05) is 37.3 Å². The number of aryl methyl sites for hydroxylation is 1. The summed E-state index contributed by atoms with van der Waals surface area (Å²) in [5.74, 6) is -0.0911. The van der Waals surface area contributed by atoms with E-state index in [1.54, 1.807) is 31.2 Å². The molecule has 6 nitrogen and oxygen atoms in total. The molecule has 0 spiro atoms. The Labute approximate surface area is 151 Å². The van der Waals surface area contributed by atoms with Crippen molar-refractivity contribution in [2.75, 3.05) is 11.9 Å². The van der Waals surface area contributed by atoms with Gasteiger partial charge in [-0.2, -0.15) is 0 Å². The van der Waals surface area contributed by atoms with Crippen LogP contribution in [0.4, 0.5) is 5.69 Å². The minimum atomic E-state index is -0.337. The van der Waals surface area contributed by atoms with Crippen LogP contribution in [-0.4, -0.2) is 23.5 Å². The minimum absolute atomic E-state index is 0.185. The van der Waals surface area contributed by atoms with E-state index >= 15 is 0 Å². The first-order chi connectivity index (χ1) is 12.6. The molecule has 6 heteroatoms. The topological polar surface area (TPSA) is 84.2 Å².